The average Bonchev–Trinajstić information content (AvgIpc) is 3.26. The molecular weight excluding hydrogens is 368 g/mol. The van der Waals surface area contributed by atoms with Crippen LogP contribution in [0.15, 0.2) is 67.0 Å². The lowest BCUT2D eigenvalue weighted by molar-refractivity contribution is 0.207. The Kier molecular flexibility index (Phi) is 5.56. The molecule has 4 rings (SSSR count). The van der Waals surface area contributed by atoms with Gasteiger partial charge in [0.1, 0.15) is 11.5 Å². The number of methoxy groups -OCH3 is 1. The highest BCUT2D eigenvalue weighted by atomic mass is 16.5. The number of urea groups is 1. The third-order valence-corrected chi connectivity index (χ3v) is 4.87. The van der Waals surface area contributed by atoms with Crippen molar-refractivity contribution in [2.75, 3.05) is 19.0 Å². The predicted octanol–water partition coefficient (Wildman–Crippen LogP) is 4.65. The number of nitrogens with one attached hydrogen (secondary N) is 1. The van der Waals surface area contributed by atoms with Crippen molar-refractivity contribution in [3.8, 4) is 17.5 Å². The van der Waals surface area contributed by atoms with Crippen molar-refractivity contribution in [3.05, 3.63) is 72.6 Å². The second-order valence-electron chi connectivity index (χ2n) is 6.71. The Hall–Kier alpha value is -3.61. The van der Waals surface area contributed by atoms with Gasteiger partial charge in [-0.05, 0) is 60.9 Å². The van der Waals surface area contributed by atoms with Gasteiger partial charge in [-0.3, -0.25) is 0 Å². The summed E-state index contributed by atoms with van der Waals surface area (Å²) in [5.41, 5.74) is 1.82. The standard InChI is InChI=1S/C22H22N4O3/c1-28-18-9-5-16(6-10-18)20-4-2-15-26(20)22(27)25-17-7-11-19(12-8-17)29-21-23-13-3-14-24-21/h3,5-14,20H,2,4,15H2,1H3,(H,25,27). The molecule has 1 fully saturated rings. The lowest BCUT2D eigenvalue weighted by Gasteiger charge is -2.25. The molecule has 2 amide bonds. The fourth-order valence-corrected chi connectivity index (χ4v) is 3.43. The predicted molar refractivity (Wildman–Crippen MR) is 109 cm³/mol. The number of nitrogens with zero attached hydrogens (tertiary/aromatic N) is 3. The molecule has 0 spiro atoms. The highest BCUT2D eigenvalue weighted by Gasteiger charge is 2.30. The van der Waals surface area contributed by atoms with Gasteiger partial charge in [-0.15, -0.1) is 0 Å². The molecule has 1 aromatic heterocycles. The number of hydrogen-bond donors (Lipinski definition) is 1. The highest BCUT2D eigenvalue weighted by Crippen LogP contribution is 2.33. The largest absolute Gasteiger partial charge is 0.497 e. The minimum absolute atomic E-state index is 0.0683. The van der Waals surface area contributed by atoms with Gasteiger partial charge in [-0.2, -0.15) is 0 Å². The van der Waals surface area contributed by atoms with E-state index in [9.17, 15) is 4.79 Å². The van der Waals surface area contributed by atoms with Crippen LogP contribution < -0.4 is 14.8 Å². The normalized spacial score (nSPS) is 15.8. The molecule has 1 atom stereocenters. The fraction of sp³-hybridized carbons (Fsp3) is 0.227. The number of likely N-dealkylation sites (tertiary alicyclic amines) is 1. The van der Waals surface area contributed by atoms with Crippen molar-refractivity contribution in [2.45, 2.75) is 18.9 Å². The quantitative estimate of drug-likeness (QED) is 0.686. The van der Waals surface area contributed by atoms with Gasteiger partial charge < -0.3 is 19.7 Å². The first-order valence-electron chi connectivity index (χ1n) is 9.49. The maximum atomic E-state index is 12.8. The number of rotatable bonds is 5. The summed E-state index contributed by atoms with van der Waals surface area (Å²) in [6, 6.07) is 17.0. The molecule has 0 saturated carbocycles. The molecule has 0 bridgehead atoms. The summed E-state index contributed by atoms with van der Waals surface area (Å²) >= 11 is 0. The van der Waals surface area contributed by atoms with Crippen molar-refractivity contribution >= 4 is 11.7 Å². The van der Waals surface area contributed by atoms with Gasteiger partial charge in [0.25, 0.3) is 0 Å². The second kappa shape index (κ2) is 8.60. The summed E-state index contributed by atoms with van der Waals surface area (Å²) < 4.78 is 10.8. The number of carbonyl (C=O) groups is 1. The van der Waals surface area contributed by atoms with Crippen LogP contribution in [0.2, 0.25) is 0 Å². The van der Waals surface area contributed by atoms with Crippen LogP contribution in [0.4, 0.5) is 10.5 Å². The average molecular weight is 390 g/mol. The summed E-state index contributed by atoms with van der Waals surface area (Å²) in [5, 5.41) is 2.97. The zero-order valence-corrected chi connectivity index (χ0v) is 16.1. The number of carbonyl (C=O) groups excluding carboxylic acids is 1. The van der Waals surface area contributed by atoms with E-state index in [1.807, 2.05) is 29.2 Å². The lowest BCUT2D eigenvalue weighted by Crippen LogP contribution is -2.34. The van der Waals surface area contributed by atoms with Gasteiger partial charge in [0.05, 0.1) is 13.2 Å². The van der Waals surface area contributed by atoms with E-state index in [4.69, 9.17) is 9.47 Å². The molecule has 0 radical (unpaired) electrons. The Morgan fingerprint density at radius 2 is 1.72 bits per heavy atom. The third-order valence-electron chi connectivity index (χ3n) is 4.87. The minimum Gasteiger partial charge on any atom is -0.497 e. The van der Waals surface area contributed by atoms with Crippen LogP contribution in [0.25, 0.3) is 0 Å². The second-order valence-corrected chi connectivity index (χ2v) is 6.71. The van der Waals surface area contributed by atoms with Crippen molar-refractivity contribution in [2.24, 2.45) is 0 Å². The van der Waals surface area contributed by atoms with E-state index in [-0.39, 0.29) is 18.1 Å². The summed E-state index contributed by atoms with van der Waals surface area (Å²) in [7, 11) is 1.65. The van der Waals surface area contributed by atoms with Crippen LogP contribution >= 0.6 is 0 Å². The van der Waals surface area contributed by atoms with Gasteiger partial charge in [0, 0.05) is 24.6 Å². The first kappa shape index (κ1) is 18.7. The fourth-order valence-electron chi connectivity index (χ4n) is 3.43. The molecule has 1 aliphatic rings. The van der Waals surface area contributed by atoms with E-state index in [1.54, 1.807) is 49.8 Å². The molecule has 1 unspecified atom stereocenters. The van der Waals surface area contributed by atoms with Crippen molar-refractivity contribution < 1.29 is 14.3 Å². The number of anilines is 1. The topological polar surface area (TPSA) is 76.6 Å². The SMILES string of the molecule is COc1ccc(C2CCCN2C(=O)Nc2ccc(Oc3ncccn3)cc2)cc1. The molecule has 2 heterocycles. The Morgan fingerprint density at radius 3 is 2.41 bits per heavy atom. The zero-order chi connectivity index (χ0) is 20.1. The maximum absolute atomic E-state index is 12.8. The summed E-state index contributed by atoms with van der Waals surface area (Å²) in [4.78, 5) is 22.8. The zero-order valence-electron chi connectivity index (χ0n) is 16.1. The van der Waals surface area contributed by atoms with E-state index in [2.05, 4.69) is 15.3 Å². The molecule has 1 N–H and O–H groups in total. The van der Waals surface area contributed by atoms with Crippen LogP contribution in [0, 0.1) is 0 Å². The van der Waals surface area contributed by atoms with E-state index >= 15 is 0 Å². The van der Waals surface area contributed by atoms with Crippen molar-refractivity contribution in [1.82, 2.24) is 14.9 Å². The maximum Gasteiger partial charge on any atom is 0.322 e. The van der Waals surface area contributed by atoms with Gasteiger partial charge in [-0.1, -0.05) is 12.1 Å². The number of amides is 2. The lowest BCUT2D eigenvalue weighted by atomic mass is 10.0. The molecule has 1 aliphatic heterocycles. The van der Waals surface area contributed by atoms with Crippen LogP contribution in [-0.2, 0) is 0 Å². The minimum atomic E-state index is -0.108. The van der Waals surface area contributed by atoms with Crippen LogP contribution in [-0.4, -0.2) is 34.6 Å². The highest BCUT2D eigenvalue weighted by molar-refractivity contribution is 5.89. The number of aromatic nitrogens is 2. The molecule has 1 saturated heterocycles. The van der Waals surface area contributed by atoms with E-state index < -0.39 is 0 Å². The molecule has 3 aromatic rings. The van der Waals surface area contributed by atoms with Gasteiger partial charge in [0.2, 0.25) is 0 Å². The first-order valence-corrected chi connectivity index (χ1v) is 9.49. The number of hydrogen-bond acceptors (Lipinski definition) is 5. The van der Waals surface area contributed by atoms with Crippen molar-refractivity contribution in [3.63, 3.8) is 0 Å². The van der Waals surface area contributed by atoms with Gasteiger partial charge >= 0.3 is 12.0 Å². The summed E-state index contributed by atoms with van der Waals surface area (Å²) in [6.45, 7) is 0.731. The molecular formula is C22H22N4O3. The summed E-state index contributed by atoms with van der Waals surface area (Å²) in [5.74, 6) is 1.41. The number of ether oxygens (including phenoxy) is 2. The van der Waals surface area contributed by atoms with E-state index in [0.29, 0.717) is 11.4 Å². The molecule has 2 aromatic carbocycles. The van der Waals surface area contributed by atoms with E-state index in [0.717, 1.165) is 30.7 Å². The molecule has 0 aliphatic carbocycles. The molecule has 148 valence electrons. The Labute approximate surface area is 169 Å². The first-order chi connectivity index (χ1) is 14.2. The van der Waals surface area contributed by atoms with Crippen molar-refractivity contribution in [1.29, 1.82) is 0 Å². The van der Waals surface area contributed by atoms with E-state index in [1.165, 1.54) is 0 Å². The van der Waals surface area contributed by atoms with Gasteiger partial charge in [-0.25, -0.2) is 14.8 Å². The summed E-state index contributed by atoms with van der Waals surface area (Å²) in [6.07, 6.45) is 5.16. The van der Waals surface area contributed by atoms with Crippen LogP contribution in [0.3, 0.4) is 0 Å². The third kappa shape index (κ3) is 4.45. The monoisotopic (exact) mass is 390 g/mol. The van der Waals surface area contributed by atoms with Gasteiger partial charge in [0.15, 0.2) is 0 Å². The number of benzene rings is 2. The van der Waals surface area contributed by atoms with Crippen LogP contribution in [0.1, 0.15) is 24.4 Å². The Bertz CT molecular complexity index is 946. The smallest absolute Gasteiger partial charge is 0.322 e. The molecule has 7 nitrogen and oxygen atoms in total. The Morgan fingerprint density at radius 1 is 1.03 bits per heavy atom. The van der Waals surface area contributed by atoms with Crippen LogP contribution in [0.5, 0.6) is 17.5 Å². The molecule has 29 heavy (non-hydrogen) atoms. The molecule has 7 heteroatoms. The Balaban J connectivity index is 1.40.